The first kappa shape index (κ1) is 20.9. The monoisotopic (exact) mass is 498 g/mol. The Balaban J connectivity index is 1.82. The zero-order valence-corrected chi connectivity index (χ0v) is 18.3. The van der Waals surface area contributed by atoms with Gasteiger partial charge in [-0.3, -0.25) is 10.1 Å². The van der Waals surface area contributed by atoms with Gasteiger partial charge in [-0.1, -0.05) is 46.3 Å². The molecular weight excluding hydrogens is 484 g/mol. The van der Waals surface area contributed by atoms with E-state index in [1.807, 2.05) is 30.3 Å². The van der Waals surface area contributed by atoms with E-state index in [2.05, 4.69) is 31.2 Å². The minimum absolute atomic E-state index is 0.0466. The summed E-state index contributed by atoms with van der Waals surface area (Å²) in [4.78, 5) is 18.9. The van der Waals surface area contributed by atoms with Crippen molar-refractivity contribution in [3.05, 3.63) is 93.2 Å². The van der Waals surface area contributed by atoms with Gasteiger partial charge in [0.25, 0.3) is 5.69 Å². The van der Waals surface area contributed by atoms with Gasteiger partial charge in [0, 0.05) is 22.5 Å². The lowest BCUT2D eigenvalue weighted by atomic mass is 10.2. The Morgan fingerprint density at radius 3 is 2.39 bits per heavy atom. The molecule has 0 bridgehead atoms. The van der Waals surface area contributed by atoms with Crippen LogP contribution < -0.4 is 5.32 Å². The number of nitro benzene ring substituents is 1. The summed E-state index contributed by atoms with van der Waals surface area (Å²) < 4.78 is 27.0. The molecule has 0 aliphatic heterocycles. The van der Waals surface area contributed by atoms with E-state index in [0.29, 0.717) is 22.2 Å². The molecule has 1 heterocycles. The maximum atomic E-state index is 13.1. The first-order valence-corrected chi connectivity index (χ1v) is 11.4. The summed E-state index contributed by atoms with van der Waals surface area (Å²) in [6, 6.07) is 17.9. The second kappa shape index (κ2) is 8.40. The van der Waals surface area contributed by atoms with Crippen molar-refractivity contribution >= 4 is 48.2 Å². The molecule has 0 aliphatic carbocycles. The quantitative estimate of drug-likeness (QED) is 0.301. The molecule has 1 N–H and O–H groups in total. The van der Waals surface area contributed by atoms with Crippen molar-refractivity contribution in [3.63, 3.8) is 0 Å². The number of nitrogens with one attached hydrogen (secondary N) is 1. The normalized spacial score (nSPS) is 11.4. The van der Waals surface area contributed by atoms with Crippen molar-refractivity contribution in [3.8, 4) is 0 Å². The van der Waals surface area contributed by atoms with Crippen molar-refractivity contribution < 1.29 is 13.3 Å². The number of benzene rings is 3. The van der Waals surface area contributed by atoms with E-state index in [1.54, 1.807) is 12.1 Å². The van der Waals surface area contributed by atoms with Gasteiger partial charge in [0.15, 0.2) is 4.90 Å². The maximum absolute atomic E-state index is 13.1. The average Bonchev–Trinajstić information content (AvgIpc) is 2.77. The van der Waals surface area contributed by atoms with Crippen LogP contribution in [0.5, 0.6) is 0 Å². The van der Waals surface area contributed by atoms with Gasteiger partial charge in [-0.2, -0.15) is 0 Å². The largest absolute Gasteiger partial charge is 0.365 e. The number of sulfone groups is 1. The fraction of sp³-hybridized carbons (Fsp3) is 0.0476. The minimum Gasteiger partial charge on any atom is -0.365 e. The summed E-state index contributed by atoms with van der Waals surface area (Å²) in [5, 5.41) is 15.3. The Morgan fingerprint density at radius 2 is 1.71 bits per heavy atom. The molecular formula is C21H15BrN4O4S. The third-order valence-corrected chi connectivity index (χ3v) is 6.96. The van der Waals surface area contributed by atoms with Gasteiger partial charge in [-0.25, -0.2) is 18.4 Å². The van der Waals surface area contributed by atoms with Gasteiger partial charge in [-0.15, -0.1) is 0 Å². The summed E-state index contributed by atoms with van der Waals surface area (Å²) in [5.41, 5.74) is 0.748. The molecule has 0 aliphatic rings. The summed E-state index contributed by atoms with van der Waals surface area (Å²) >= 11 is 3.25. The van der Waals surface area contributed by atoms with Crippen LogP contribution in [0.3, 0.4) is 0 Å². The fourth-order valence-electron chi connectivity index (χ4n) is 3.09. The Labute approximate surface area is 186 Å². The van der Waals surface area contributed by atoms with Crippen molar-refractivity contribution in [2.45, 2.75) is 16.3 Å². The van der Waals surface area contributed by atoms with Gasteiger partial charge in [0.05, 0.1) is 15.3 Å². The van der Waals surface area contributed by atoms with Gasteiger partial charge in [0.2, 0.25) is 9.84 Å². The lowest BCUT2D eigenvalue weighted by Crippen LogP contribution is -2.07. The molecule has 0 unspecified atom stereocenters. The maximum Gasteiger partial charge on any atom is 0.289 e. The zero-order chi connectivity index (χ0) is 22.0. The number of hydrogen-bond donors (Lipinski definition) is 1. The van der Waals surface area contributed by atoms with E-state index in [0.717, 1.165) is 5.56 Å². The Morgan fingerprint density at radius 1 is 1.00 bits per heavy atom. The summed E-state index contributed by atoms with van der Waals surface area (Å²) in [6.07, 6.45) is 1.29. The highest BCUT2D eigenvalue weighted by Gasteiger charge is 2.29. The van der Waals surface area contributed by atoms with Crippen molar-refractivity contribution in [2.24, 2.45) is 0 Å². The molecule has 4 aromatic rings. The van der Waals surface area contributed by atoms with Crippen LogP contribution >= 0.6 is 15.9 Å². The van der Waals surface area contributed by atoms with Crippen LogP contribution in [0.4, 0.5) is 11.5 Å². The highest BCUT2D eigenvalue weighted by atomic mass is 79.9. The van der Waals surface area contributed by atoms with E-state index in [-0.39, 0.29) is 10.4 Å². The van der Waals surface area contributed by atoms with Crippen LogP contribution in [0.25, 0.3) is 10.9 Å². The van der Waals surface area contributed by atoms with Gasteiger partial charge >= 0.3 is 0 Å². The zero-order valence-electron chi connectivity index (χ0n) is 15.9. The molecule has 0 saturated carbocycles. The molecule has 8 nitrogen and oxygen atoms in total. The number of nitro groups is 1. The van der Waals surface area contributed by atoms with Crippen molar-refractivity contribution in [1.82, 2.24) is 9.97 Å². The average molecular weight is 499 g/mol. The van der Waals surface area contributed by atoms with E-state index in [4.69, 9.17) is 0 Å². The number of fused-ring (bicyclic) bond motifs is 1. The number of halogens is 1. The van der Waals surface area contributed by atoms with E-state index in [1.165, 1.54) is 30.6 Å². The molecule has 0 spiro atoms. The lowest BCUT2D eigenvalue weighted by Gasteiger charge is -2.11. The van der Waals surface area contributed by atoms with Crippen LogP contribution in [0.1, 0.15) is 5.56 Å². The molecule has 156 valence electrons. The first-order valence-electron chi connectivity index (χ1n) is 9.08. The SMILES string of the molecule is O=[N+]([O-])c1cc2c(NCc3ccccc3)ncnc2cc1S(=O)(=O)c1ccc(Br)cc1. The fourth-order valence-corrected chi connectivity index (χ4v) is 4.78. The van der Waals surface area contributed by atoms with Gasteiger partial charge < -0.3 is 5.32 Å². The third-order valence-electron chi connectivity index (χ3n) is 4.63. The third kappa shape index (κ3) is 4.25. The number of anilines is 1. The lowest BCUT2D eigenvalue weighted by molar-refractivity contribution is -0.387. The molecule has 0 saturated heterocycles. The summed E-state index contributed by atoms with van der Waals surface area (Å²) in [5.74, 6) is 0.379. The molecule has 4 rings (SSSR count). The van der Waals surface area contributed by atoms with E-state index >= 15 is 0 Å². The second-order valence-corrected chi connectivity index (χ2v) is 9.45. The second-order valence-electron chi connectivity index (χ2n) is 6.61. The molecule has 1 aromatic heterocycles. The smallest absolute Gasteiger partial charge is 0.289 e. The highest BCUT2D eigenvalue weighted by Crippen LogP contribution is 2.35. The standard InChI is InChI=1S/C21H15BrN4O4S/c22-15-6-8-16(9-7-15)31(29,30)20-11-18-17(10-19(20)26(27)28)21(25-13-24-18)23-12-14-4-2-1-3-5-14/h1-11,13H,12H2,(H,23,24,25). The molecule has 0 fully saturated rings. The van der Waals surface area contributed by atoms with Crippen LogP contribution in [0.15, 0.2) is 87.3 Å². The molecule has 0 amide bonds. The van der Waals surface area contributed by atoms with E-state index < -0.39 is 25.3 Å². The number of aromatic nitrogens is 2. The van der Waals surface area contributed by atoms with Crippen LogP contribution in [0.2, 0.25) is 0 Å². The van der Waals surface area contributed by atoms with Crippen molar-refractivity contribution in [1.29, 1.82) is 0 Å². The topological polar surface area (TPSA) is 115 Å². The molecule has 31 heavy (non-hydrogen) atoms. The Bertz CT molecular complexity index is 1380. The predicted molar refractivity (Wildman–Crippen MR) is 120 cm³/mol. The number of nitrogens with zero attached hydrogens (tertiary/aromatic N) is 3. The molecule has 10 heteroatoms. The van der Waals surface area contributed by atoms with Crippen LogP contribution in [-0.2, 0) is 16.4 Å². The molecule has 3 aromatic carbocycles. The first-order chi connectivity index (χ1) is 14.9. The van der Waals surface area contributed by atoms with Crippen LogP contribution in [-0.4, -0.2) is 23.3 Å². The Hall–Kier alpha value is -3.37. The Kier molecular flexibility index (Phi) is 5.66. The number of hydrogen-bond acceptors (Lipinski definition) is 7. The minimum atomic E-state index is -4.13. The van der Waals surface area contributed by atoms with Gasteiger partial charge in [0.1, 0.15) is 12.1 Å². The highest BCUT2D eigenvalue weighted by molar-refractivity contribution is 9.10. The van der Waals surface area contributed by atoms with Gasteiger partial charge in [-0.05, 0) is 35.9 Å². The molecule has 0 radical (unpaired) electrons. The summed E-state index contributed by atoms with van der Waals surface area (Å²) in [6.45, 7) is 0.444. The van der Waals surface area contributed by atoms with Crippen molar-refractivity contribution in [2.75, 3.05) is 5.32 Å². The number of rotatable bonds is 6. The van der Waals surface area contributed by atoms with E-state index in [9.17, 15) is 18.5 Å². The summed E-state index contributed by atoms with van der Waals surface area (Å²) in [7, 11) is -4.13. The predicted octanol–water partition coefficient (Wildman–Crippen LogP) is 4.75. The van der Waals surface area contributed by atoms with Crippen LogP contribution in [0, 0.1) is 10.1 Å². The molecule has 0 atom stereocenters.